The van der Waals surface area contributed by atoms with Gasteiger partial charge >= 0.3 is 5.97 Å². The molecule has 0 aliphatic rings. The van der Waals surface area contributed by atoms with Crippen molar-refractivity contribution in [3.63, 3.8) is 0 Å². The van der Waals surface area contributed by atoms with Crippen molar-refractivity contribution < 1.29 is 14.7 Å². The first-order chi connectivity index (χ1) is 9.95. The van der Waals surface area contributed by atoms with Crippen molar-refractivity contribution in [2.75, 3.05) is 5.32 Å². The smallest absolute Gasteiger partial charge is 0.336 e. The minimum Gasteiger partial charge on any atom is -0.478 e. The average Bonchev–Trinajstić information content (AvgIpc) is 2.84. The molecule has 0 atom stereocenters. The van der Waals surface area contributed by atoms with Gasteiger partial charge in [0.1, 0.15) is 0 Å². The molecule has 108 valence electrons. The summed E-state index contributed by atoms with van der Waals surface area (Å²) in [5.74, 6) is -1.35. The number of hydrogen-bond donors (Lipinski definition) is 2. The van der Waals surface area contributed by atoms with Crippen LogP contribution in [0.2, 0.25) is 4.34 Å². The SMILES string of the molecule is Cc1ccc(NC(=O)C=Cc2ccc(Cl)s2)cc1C(=O)O. The topological polar surface area (TPSA) is 66.4 Å². The molecule has 4 nitrogen and oxygen atoms in total. The van der Waals surface area contributed by atoms with Crippen LogP contribution >= 0.6 is 22.9 Å². The Bertz CT molecular complexity index is 721. The van der Waals surface area contributed by atoms with Gasteiger partial charge in [-0.15, -0.1) is 11.3 Å². The molecule has 0 spiro atoms. The molecule has 0 unspecified atom stereocenters. The molecule has 0 saturated heterocycles. The zero-order valence-corrected chi connectivity index (χ0v) is 12.7. The number of benzene rings is 1. The van der Waals surface area contributed by atoms with E-state index in [-0.39, 0.29) is 11.5 Å². The molecule has 0 bridgehead atoms. The van der Waals surface area contributed by atoms with Gasteiger partial charge in [0.2, 0.25) is 5.91 Å². The van der Waals surface area contributed by atoms with Crippen LogP contribution in [0, 0.1) is 6.92 Å². The molecule has 0 saturated carbocycles. The average molecular weight is 322 g/mol. The highest BCUT2D eigenvalue weighted by Crippen LogP contribution is 2.22. The van der Waals surface area contributed by atoms with Gasteiger partial charge in [-0.25, -0.2) is 4.79 Å². The first-order valence-corrected chi connectivity index (χ1v) is 7.23. The zero-order valence-electron chi connectivity index (χ0n) is 11.1. The normalized spacial score (nSPS) is 10.8. The second-order valence-electron chi connectivity index (χ2n) is 4.30. The van der Waals surface area contributed by atoms with Crippen molar-refractivity contribution in [2.24, 2.45) is 0 Å². The third-order valence-electron chi connectivity index (χ3n) is 2.73. The summed E-state index contributed by atoms with van der Waals surface area (Å²) in [6, 6.07) is 8.32. The number of anilines is 1. The van der Waals surface area contributed by atoms with Gasteiger partial charge in [-0.1, -0.05) is 17.7 Å². The number of hydrogen-bond acceptors (Lipinski definition) is 3. The van der Waals surface area contributed by atoms with Gasteiger partial charge in [-0.05, 0) is 42.8 Å². The van der Waals surface area contributed by atoms with E-state index in [0.717, 1.165) is 4.88 Å². The molecule has 0 fully saturated rings. The Labute approximate surface area is 130 Å². The van der Waals surface area contributed by atoms with E-state index >= 15 is 0 Å². The molecule has 0 radical (unpaired) electrons. The van der Waals surface area contributed by atoms with Crippen LogP contribution in [0.5, 0.6) is 0 Å². The lowest BCUT2D eigenvalue weighted by atomic mass is 10.1. The maximum atomic E-state index is 11.8. The number of carboxylic acids is 1. The highest BCUT2D eigenvalue weighted by molar-refractivity contribution is 7.17. The minimum absolute atomic E-state index is 0.168. The van der Waals surface area contributed by atoms with Gasteiger partial charge in [0, 0.05) is 16.6 Å². The molecule has 2 aromatic rings. The van der Waals surface area contributed by atoms with Crippen LogP contribution in [0.25, 0.3) is 6.08 Å². The van der Waals surface area contributed by atoms with E-state index in [1.165, 1.54) is 23.5 Å². The van der Waals surface area contributed by atoms with Gasteiger partial charge in [0.15, 0.2) is 0 Å². The first-order valence-electron chi connectivity index (χ1n) is 6.04. The third-order valence-corrected chi connectivity index (χ3v) is 3.92. The molecule has 2 rings (SSSR count). The van der Waals surface area contributed by atoms with Crippen molar-refractivity contribution in [3.05, 3.63) is 56.7 Å². The van der Waals surface area contributed by atoms with E-state index in [1.807, 2.05) is 6.07 Å². The summed E-state index contributed by atoms with van der Waals surface area (Å²) in [6.45, 7) is 1.70. The highest BCUT2D eigenvalue weighted by atomic mass is 35.5. The van der Waals surface area contributed by atoms with Crippen molar-refractivity contribution in [1.29, 1.82) is 0 Å². The van der Waals surface area contributed by atoms with Crippen molar-refractivity contribution in [3.8, 4) is 0 Å². The van der Waals surface area contributed by atoms with Crippen molar-refractivity contribution >= 4 is 46.6 Å². The predicted octanol–water partition coefficient (Wildman–Crippen LogP) is 4.06. The Morgan fingerprint density at radius 3 is 2.67 bits per heavy atom. The number of aromatic carboxylic acids is 1. The van der Waals surface area contributed by atoms with E-state index in [9.17, 15) is 9.59 Å². The van der Waals surface area contributed by atoms with Crippen LogP contribution in [-0.4, -0.2) is 17.0 Å². The molecular formula is C15H12ClNO3S. The third kappa shape index (κ3) is 4.18. The molecule has 6 heteroatoms. The lowest BCUT2D eigenvalue weighted by Crippen LogP contribution is -2.09. The van der Waals surface area contributed by atoms with E-state index in [4.69, 9.17) is 16.7 Å². The molecule has 0 aliphatic heterocycles. The fraction of sp³-hybridized carbons (Fsp3) is 0.0667. The summed E-state index contributed by atoms with van der Waals surface area (Å²) < 4.78 is 0.652. The highest BCUT2D eigenvalue weighted by Gasteiger charge is 2.08. The van der Waals surface area contributed by atoms with E-state index in [1.54, 1.807) is 31.2 Å². The fourth-order valence-electron chi connectivity index (χ4n) is 1.69. The van der Waals surface area contributed by atoms with Gasteiger partial charge in [0.25, 0.3) is 0 Å². The molecule has 21 heavy (non-hydrogen) atoms. The van der Waals surface area contributed by atoms with Crippen LogP contribution in [0.4, 0.5) is 5.69 Å². The standard InChI is InChI=1S/C15H12ClNO3S/c1-9-2-3-10(8-12(9)15(19)20)17-14(18)7-5-11-4-6-13(16)21-11/h2-8H,1H3,(H,17,18)(H,19,20). The Kier molecular flexibility index (Phi) is 4.77. The summed E-state index contributed by atoms with van der Waals surface area (Å²) >= 11 is 7.16. The van der Waals surface area contributed by atoms with Gasteiger partial charge in [-0.3, -0.25) is 4.79 Å². The largest absolute Gasteiger partial charge is 0.478 e. The summed E-state index contributed by atoms with van der Waals surface area (Å²) in [6.07, 6.45) is 3.03. The molecule has 1 amide bonds. The number of nitrogens with one attached hydrogen (secondary N) is 1. The lowest BCUT2D eigenvalue weighted by molar-refractivity contribution is -0.111. The lowest BCUT2D eigenvalue weighted by Gasteiger charge is -2.05. The predicted molar refractivity (Wildman–Crippen MR) is 85.1 cm³/mol. The molecule has 0 aliphatic carbocycles. The van der Waals surface area contributed by atoms with E-state index in [2.05, 4.69) is 5.32 Å². The number of thiophene rings is 1. The number of aryl methyl sites for hydroxylation is 1. The van der Waals surface area contributed by atoms with Gasteiger partial charge < -0.3 is 10.4 Å². The van der Waals surface area contributed by atoms with Crippen LogP contribution in [0.1, 0.15) is 20.8 Å². The molecule has 2 N–H and O–H groups in total. The minimum atomic E-state index is -1.02. The van der Waals surface area contributed by atoms with Crippen LogP contribution in [0.15, 0.2) is 36.4 Å². The summed E-state index contributed by atoms with van der Waals surface area (Å²) in [5.41, 5.74) is 1.25. The molecule has 1 aromatic carbocycles. The summed E-state index contributed by atoms with van der Waals surface area (Å²) in [4.78, 5) is 23.7. The molecular weight excluding hydrogens is 310 g/mol. The quantitative estimate of drug-likeness (QED) is 0.834. The second-order valence-corrected chi connectivity index (χ2v) is 6.05. The fourth-order valence-corrected chi connectivity index (χ4v) is 2.65. The maximum absolute atomic E-state index is 11.8. The number of amides is 1. The van der Waals surface area contributed by atoms with Crippen molar-refractivity contribution in [1.82, 2.24) is 0 Å². The molecule has 1 heterocycles. The second kappa shape index (κ2) is 6.56. The van der Waals surface area contributed by atoms with Crippen molar-refractivity contribution in [2.45, 2.75) is 6.92 Å². The van der Waals surface area contributed by atoms with Crippen LogP contribution in [-0.2, 0) is 4.79 Å². The zero-order chi connectivity index (χ0) is 15.4. The molecule has 1 aromatic heterocycles. The summed E-state index contributed by atoms with van der Waals surface area (Å²) in [7, 11) is 0. The first kappa shape index (κ1) is 15.3. The maximum Gasteiger partial charge on any atom is 0.336 e. The summed E-state index contributed by atoms with van der Waals surface area (Å²) in [5, 5.41) is 11.7. The number of carboxylic acid groups (broad SMARTS) is 1. The number of halogens is 1. The Balaban J connectivity index is 2.07. The Hall–Kier alpha value is -2.11. The van der Waals surface area contributed by atoms with E-state index in [0.29, 0.717) is 15.6 Å². The number of carbonyl (C=O) groups excluding carboxylic acids is 1. The number of carbonyl (C=O) groups is 2. The Morgan fingerprint density at radius 2 is 2.05 bits per heavy atom. The van der Waals surface area contributed by atoms with Gasteiger partial charge in [-0.2, -0.15) is 0 Å². The number of rotatable bonds is 4. The van der Waals surface area contributed by atoms with Crippen LogP contribution < -0.4 is 5.32 Å². The van der Waals surface area contributed by atoms with Crippen LogP contribution in [0.3, 0.4) is 0 Å². The monoisotopic (exact) mass is 321 g/mol. The Morgan fingerprint density at radius 1 is 1.29 bits per heavy atom. The van der Waals surface area contributed by atoms with E-state index < -0.39 is 5.97 Å². The van der Waals surface area contributed by atoms with Gasteiger partial charge in [0.05, 0.1) is 9.90 Å².